The van der Waals surface area contributed by atoms with Crippen molar-refractivity contribution < 1.29 is 32.3 Å². The largest absolute Gasteiger partial charge is 0.493 e. The summed E-state index contributed by atoms with van der Waals surface area (Å²) in [7, 11) is 0.911. The second-order valence-corrected chi connectivity index (χ2v) is 3.36. The molecule has 98 valence electrons. The minimum Gasteiger partial charge on any atom is -0.366 e. The summed E-state index contributed by atoms with van der Waals surface area (Å²) in [5, 5.41) is 3.09. The molecule has 0 bridgehead atoms. The third-order valence-electron chi connectivity index (χ3n) is 1.99. The summed E-state index contributed by atoms with van der Waals surface area (Å²) in [6, 6.07) is 0. The Hall–Kier alpha value is -1.35. The quantitative estimate of drug-likeness (QED) is 0.686. The van der Waals surface area contributed by atoms with Crippen LogP contribution in [0.3, 0.4) is 0 Å². The summed E-state index contributed by atoms with van der Waals surface area (Å²) >= 11 is 0. The van der Waals surface area contributed by atoms with Crippen molar-refractivity contribution in [3.05, 3.63) is 0 Å². The minimum atomic E-state index is -5.13. The monoisotopic (exact) mass is 256 g/mol. The SMILES string of the molecule is CN(OC(=O)C(F)(F)F)C(=O)COC1CNC1. The van der Waals surface area contributed by atoms with Crippen LogP contribution in [0.1, 0.15) is 0 Å². The van der Waals surface area contributed by atoms with Crippen LogP contribution < -0.4 is 5.32 Å². The molecule has 17 heavy (non-hydrogen) atoms. The van der Waals surface area contributed by atoms with Crippen molar-refractivity contribution in [2.75, 3.05) is 26.7 Å². The van der Waals surface area contributed by atoms with E-state index in [4.69, 9.17) is 4.74 Å². The number of halogens is 3. The Morgan fingerprint density at radius 3 is 2.41 bits per heavy atom. The summed E-state index contributed by atoms with van der Waals surface area (Å²) < 4.78 is 40.4. The van der Waals surface area contributed by atoms with Crippen LogP contribution in [0.5, 0.6) is 0 Å². The Bertz CT molecular complexity index is 304. The Morgan fingerprint density at radius 2 is 2.00 bits per heavy atom. The van der Waals surface area contributed by atoms with Crippen LogP contribution in [0.4, 0.5) is 13.2 Å². The molecule has 1 aliphatic heterocycles. The highest BCUT2D eigenvalue weighted by Crippen LogP contribution is 2.16. The number of likely N-dealkylation sites (N-methyl/N-ethyl adjacent to an activating group) is 1. The summed E-state index contributed by atoms with van der Waals surface area (Å²) in [4.78, 5) is 25.4. The lowest BCUT2D eigenvalue weighted by Crippen LogP contribution is -2.49. The number of alkyl halides is 3. The number of hydrogen-bond acceptors (Lipinski definition) is 5. The fourth-order valence-electron chi connectivity index (χ4n) is 0.887. The molecule has 0 aliphatic carbocycles. The minimum absolute atomic E-state index is 0.134. The van der Waals surface area contributed by atoms with E-state index in [0.29, 0.717) is 13.1 Å². The van der Waals surface area contributed by atoms with Gasteiger partial charge in [0.05, 0.1) is 6.10 Å². The van der Waals surface area contributed by atoms with E-state index in [-0.39, 0.29) is 11.2 Å². The third-order valence-corrected chi connectivity index (χ3v) is 1.99. The molecule has 0 spiro atoms. The molecule has 0 atom stereocenters. The number of rotatable bonds is 3. The molecule has 0 unspecified atom stereocenters. The molecule has 0 aromatic rings. The van der Waals surface area contributed by atoms with Crippen LogP contribution in [0.15, 0.2) is 0 Å². The number of ether oxygens (including phenoxy) is 1. The van der Waals surface area contributed by atoms with Gasteiger partial charge in [0.2, 0.25) is 0 Å². The number of carbonyl (C=O) groups is 2. The lowest BCUT2D eigenvalue weighted by molar-refractivity contribution is -0.234. The molecule has 0 radical (unpaired) electrons. The highest BCUT2D eigenvalue weighted by atomic mass is 19.4. The normalized spacial score (nSPS) is 16.2. The van der Waals surface area contributed by atoms with Gasteiger partial charge in [0.25, 0.3) is 5.91 Å². The van der Waals surface area contributed by atoms with Gasteiger partial charge >= 0.3 is 12.1 Å². The van der Waals surface area contributed by atoms with Crippen LogP contribution in [0.2, 0.25) is 0 Å². The molecule has 1 N–H and O–H groups in total. The molecule has 1 amide bonds. The molecule has 0 saturated carbocycles. The van der Waals surface area contributed by atoms with Crippen molar-refractivity contribution in [3.8, 4) is 0 Å². The van der Waals surface area contributed by atoms with Gasteiger partial charge in [-0.05, 0) is 0 Å². The average molecular weight is 256 g/mol. The molecule has 1 aliphatic rings. The number of carbonyl (C=O) groups excluding carboxylic acids is 2. The molecule has 6 nitrogen and oxygen atoms in total. The number of hydroxylamine groups is 2. The lowest BCUT2D eigenvalue weighted by Gasteiger charge is -2.27. The second-order valence-electron chi connectivity index (χ2n) is 3.36. The van der Waals surface area contributed by atoms with Gasteiger partial charge in [-0.3, -0.25) is 4.79 Å². The van der Waals surface area contributed by atoms with Crippen molar-refractivity contribution in [2.45, 2.75) is 12.3 Å². The van der Waals surface area contributed by atoms with Gasteiger partial charge < -0.3 is 14.9 Å². The first-order valence-electron chi connectivity index (χ1n) is 4.68. The first-order valence-corrected chi connectivity index (χ1v) is 4.68. The highest BCUT2D eigenvalue weighted by Gasteiger charge is 2.43. The van der Waals surface area contributed by atoms with E-state index in [1.165, 1.54) is 0 Å². The standard InChI is InChI=1S/C8H11F3N2O4/c1-13(17-7(15)8(9,10)11)6(14)4-16-5-2-12-3-5/h5,12H,2-4H2,1H3. The van der Waals surface area contributed by atoms with Gasteiger partial charge in [-0.1, -0.05) is 0 Å². The van der Waals surface area contributed by atoms with Gasteiger partial charge in [-0.15, -0.1) is 0 Å². The maximum absolute atomic E-state index is 11.8. The molecular formula is C8H11F3N2O4. The lowest BCUT2D eigenvalue weighted by atomic mass is 10.2. The zero-order valence-corrected chi connectivity index (χ0v) is 8.91. The topological polar surface area (TPSA) is 67.9 Å². The van der Waals surface area contributed by atoms with Gasteiger partial charge in [0, 0.05) is 20.1 Å². The molecular weight excluding hydrogens is 245 g/mol. The predicted octanol–water partition coefficient (Wildman–Crippen LogP) is -0.546. The smallest absolute Gasteiger partial charge is 0.366 e. The van der Waals surface area contributed by atoms with Crippen LogP contribution in [0, 0.1) is 0 Å². The predicted molar refractivity (Wildman–Crippen MR) is 47.5 cm³/mol. The van der Waals surface area contributed by atoms with Gasteiger partial charge in [-0.25, -0.2) is 4.79 Å². The maximum atomic E-state index is 11.8. The number of nitrogens with one attached hydrogen (secondary N) is 1. The van der Waals surface area contributed by atoms with E-state index in [1.54, 1.807) is 0 Å². The van der Waals surface area contributed by atoms with E-state index in [2.05, 4.69) is 10.2 Å². The van der Waals surface area contributed by atoms with E-state index in [9.17, 15) is 22.8 Å². The number of amides is 1. The van der Waals surface area contributed by atoms with Crippen LogP contribution in [0.25, 0.3) is 0 Å². The Kier molecular flexibility index (Phi) is 4.29. The van der Waals surface area contributed by atoms with Gasteiger partial charge in [0.15, 0.2) is 0 Å². The van der Waals surface area contributed by atoms with E-state index >= 15 is 0 Å². The maximum Gasteiger partial charge on any atom is 0.493 e. The zero-order chi connectivity index (χ0) is 13.1. The Morgan fingerprint density at radius 1 is 1.41 bits per heavy atom. The first kappa shape index (κ1) is 13.7. The van der Waals surface area contributed by atoms with Crippen LogP contribution >= 0.6 is 0 Å². The van der Waals surface area contributed by atoms with Gasteiger partial charge in [-0.2, -0.15) is 18.2 Å². The fraction of sp³-hybridized carbons (Fsp3) is 0.750. The molecule has 1 heterocycles. The molecule has 0 aromatic carbocycles. The molecule has 1 fully saturated rings. The average Bonchev–Trinajstić information content (AvgIpc) is 2.13. The number of nitrogens with zero attached hydrogens (tertiary/aromatic N) is 1. The zero-order valence-electron chi connectivity index (χ0n) is 8.91. The van der Waals surface area contributed by atoms with Crippen molar-refractivity contribution in [2.24, 2.45) is 0 Å². The molecule has 1 saturated heterocycles. The summed E-state index contributed by atoms with van der Waals surface area (Å²) in [6.07, 6.45) is -5.27. The Balaban J connectivity index is 2.28. The molecule has 9 heteroatoms. The second kappa shape index (κ2) is 5.32. The highest BCUT2D eigenvalue weighted by molar-refractivity contribution is 5.80. The summed E-state index contributed by atoms with van der Waals surface area (Å²) in [5.41, 5.74) is 0. The van der Waals surface area contributed by atoms with Crippen molar-refractivity contribution in [3.63, 3.8) is 0 Å². The molecule has 0 aromatic heterocycles. The first-order chi connectivity index (χ1) is 7.80. The van der Waals surface area contributed by atoms with E-state index in [0.717, 1.165) is 7.05 Å². The van der Waals surface area contributed by atoms with E-state index in [1.807, 2.05) is 0 Å². The third kappa shape index (κ3) is 4.19. The van der Waals surface area contributed by atoms with Crippen molar-refractivity contribution in [1.82, 2.24) is 10.4 Å². The van der Waals surface area contributed by atoms with Crippen LogP contribution in [-0.2, 0) is 19.2 Å². The summed E-state index contributed by atoms with van der Waals surface area (Å²) in [6.45, 7) is 0.729. The van der Waals surface area contributed by atoms with Crippen molar-refractivity contribution in [1.29, 1.82) is 0 Å². The van der Waals surface area contributed by atoms with Crippen molar-refractivity contribution >= 4 is 11.9 Å². The molecule has 1 rings (SSSR count). The fourth-order valence-corrected chi connectivity index (χ4v) is 0.887. The van der Waals surface area contributed by atoms with Gasteiger partial charge in [0.1, 0.15) is 6.61 Å². The van der Waals surface area contributed by atoms with Crippen LogP contribution in [-0.4, -0.2) is 56.0 Å². The Labute approximate surface area is 94.6 Å². The summed E-state index contributed by atoms with van der Waals surface area (Å²) in [5.74, 6) is -3.31. The van der Waals surface area contributed by atoms with E-state index < -0.39 is 24.7 Å². The number of hydrogen-bond donors (Lipinski definition) is 1.